The fourth-order valence-electron chi connectivity index (χ4n) is 1.75. The molecule has 0 aliphatic heterocycles. The topological polar surface area (TPSA) is 43.8 Å². The van der Waals surface area contributed by atoms with Crippen LogP contribution in [0.4, 0.5) is 5.69 Å². The predicted molar refractivity (Wildman–Crippen MR) is 61.6 cm³/mol. The molecule has 0 aliphatic rings. The van der Waals surface area contributed by atoms with E-state index in [1.807, 2.05) is 36.1 Å². The Morgan fingerprint density at radius 3 is 2.73 bits per heavy atom. The molecule has 15 heavy (non-hydrogen) atoms. The Hall–Kier alpha value is -1.77. The second-order valence-corrected chi connectivity index (χ2v) is 3.88. The van der Waals surface area contributed by atoms with Crippen LogP contribution in [-0.4, -0.2) is 9.55 Å². The third-order valence-corrected chi connectivity index (χ3v) is 2.44. The molecule has 0 radical (unpaired) electrons. The molecule has 1 aromatic heterocycles. The Kier molecular flexibility index (Phi) is 2.46. The van der Waals surface area contributed by atoms with Gasteiger partial charge in [0.1, 0.15) is 5.82 Å². The number of anilines is 1. The summed E-state index contributed by atoms with van der Waals surface area (Å²) in [6, 6.07) is 6.12. The fraction of sp³-hybridized carbons (Fsp3) is 0.250. The number of nitrogen functional groups attached to an aromatic ring is 1. The molecule has 1 heterocycles. The summed E-state index contributed by atoms with van der Waals surface area (Å²) in [5, 5.41) is 0. The number of imidazole rings is 1. The van der Waals surface area contributed by atoms with Gasteiger partial charge < -0.3 is 10.3 Å². The Morgan fingerprint density at radius 1 is 1.33 bits per heavy atom. The van der Waals surface area contributed by atoms with Crippen LogP contribution in [0.15, 0.2) is 30.6 Å². The molecule has 78 valence electrons. The minimum Gasteiger partial charge on any atom is -0.399 e. The highest BCUT2D eigenvalue weighted by molar-refractivity contribution is 5.45. The lowest BCUT2D eigenvalue weighted by Crippen LogP contribution is -1.99. The lowest BCUT2D eigenvalue weighted by atomic mass is 10.1. The zero-order chi connectivity index (χ0) is 10.8. The first-order chi connectivity index (χ1) is 7.15. The number of hydrogen-bond acceptors (Lipinski definition) is 2. The fourth-order valence-corrected chi connectivity index (χ4v) is 1.75. The quantitative estimate of drug-likeness (QED) is 0.754. The molecule has 0 aliphatic carbocycles. The largest absolute Gasteiger partial charge is 0.399 e. The van der Waals surface area contributed by atoms with Crippen molar-refractivity contribution in [2.75, 3.05) is 5.73 Å². The van der Waals surface area contributed by atoms with Crippen molar-refractivity contribution in [2.24, 2.45) is 7.05 Å². The van der Waals surface area contributed by atoms with Crippen LogP contribution >= 0.6 is 0 Å². The third kappa shape index (κ3) is 2.18. The third-order valence-electron chi connectivity index (χ3n) is 2.44. The minimum absolute atomic E-state index is 0.819. The zero-order valence-electron chi connectivity index (χ0n) is 9.07. The first-order valence-corrected chi connectivity index (χ1v) is 4.97. The molecule has 0 saturated heterocycles. The summed E-state index contributed by atoms with van der Waals surface area (Å²) in [5.41, 5.74) is 9.02. The van der Waals surface area contributed by atoms with Gasteiger partial charge in [-0.25, -0.2) is 4.98 Å². The summed E-state index contributed by atoms with van der Waals surface area (Å²) in [5.74, 6) is 1.06. The van der Waals surface area contributed by atoms with Crippen molar-refractivity contribution in [2.45, 2.75) is 13.3 Å². The molecule has 0 spiro atoms. The molecule has 0 unspecified atom stereocenters. The van der Waals surface area contributed by atoms with Crippen LogP contribution in [0.1, 0.15) is 17.0 Å². The van der Waals surface area contributed by atoms with Gasteiger partial charge in [0.2, 0.25) is 0 Å². The van der Waals surface area contributed by atoms with E-state index in [2.05, 4.69) is 18.0 Å². The maximum absolute atomic E-state index is 5.80. The summed E-state index contributed by atoms with van der Waals surface area (Å²) < 4.78 is 2.03. The van der Waals surface area contributed by atoms with Gasteiger partial charge in [0.15, 0.2) is 0 Å². The lowest BCUT2D eigenvalue weighted by Gasteiger charge is -2.05. The van der Waals surface area contributed by atoms with E-state index in [1.165, 1.54) is 11.1 Å². The SMILES string of the molecule is Cc1cc(N)cc(Cc2nccn2C)c1. The Balaban J connectivity index is 2.28. The molecule has 2 rings (SSSR count). The van der Waals surface area contributed by atoms with E-state index in [-0.39, 0.29) is 0 Å². The molecule has 2 N–H and O–H groups in total. The monoisotopic (exact) mass is 201 g/mol. The number of benzene rings is 1. The summed E-state index contributed by atoms with van der Waals surface area (Å²) in [4.78, 5) is 4.29. The van der Waals surface area contributed by atoms with Gasteiger partial charge >= 0.3 is 0 Å². The van der Waals surface area contributed by atoms with Crippen molar-refractivity contribution in [3.63, 3.8) is 0 Å². The van der Waals surface area contributed by atoms with Gasteiger partial charge in [-0.2, -0.15) is 0 Å². The Labute approximate surface area is 89.6 Å². The number of rotatable bonds is 2. The number of nitrogens with two attached hydrogens (primary N) is 1. The van der Waals surface area contributed by atoms with E-state index in [0.717, 1.165) is 17.9 Å². The highest BCUT2D eigenvalue weighted by atomic mass is 15.0. The predicted octanol–water partition coefficient (Wildman–Crippen LogP) is 1.90. The van der Waals surface area contributed by atoms with Crippen molar-refractivity contribution in [3.8, 4) is 0 Å². The Bertz CT molecular complexity index is 451. The average Bonchev–Trinajstić information content (AvgIpc) is 2.50. The van der Waals surface area contributed by atoms with Gasteiger partial charge in [0.25, 0.3) is 0 Å². The summed E-state index contributed by atoms with van der Waals surface area (Å²) in [6.07, 6.45) is 4.60. The molecule has 3 nitrogen and oxygen atoms in total. The summed E-state index contributed by atoms with van der Waals surface area (Å²) in [6.45, 7) is 2.05. The van der Waals surface area contributed by atoms with Crippen LogP contribution in [0.25, 0.3) is 0 Å². The van der Waals surface area contributed by atoms with Gasteiger partial charge in [-0.1, -0.05) is 6.07 Å². The van der Waals surface area contributed by atoms with Crippen LogP contribution in [0, 0.1) is 6.92 Å². The maximum Gasteiger partial charge on any atom is 0.112 e. The van der Waals surface area contributed by atoms with Crippen LogP contribution in [0.2, 0.25) is 0 Å². The minimum atomic E-state index is 0.819. The van der Waals surface area contributed by atoms with E-state index in [1.54, 1.807) is 0 Å². The van der Waals surface area contributed by atoms with Gasteiger partial charge in [0.05, 0.1) is 0 Å². The van der Waals surface area contributed by atoms with Crippen LogP contribution in [0.5, 0.6) is 0 Å². The van der Waals surface area contributed by atoms with Crippen molar-refractivity contribution in [1.29, 1.82) is 0 Å². The smallest absolute Gasteiger partial charge is 0.112 e. The number of aryl methyl sites for hydroxylation is 2. The molecular formula is C12H15N3. The molecule has 1 aromatic carbocycles. The first kappa shape index (κ1) is 9.77. The summed E-state index contributed by atoms with van der Waals surface area (Å²) in [7, 11) is 2.00. The molecule has 0 fully saturated rings. The van der Waals surface area contributed by atoms with Gasteiger partial charge in [0, 0.05) is 31.5 Å². The molecule has 0 saturated carbocycles. The van der Waals surface area contributed by atoms with E-state index < -0.39 is 0 Å². The van der Waals surface area contributed by atoms with Gasteiger partial charge in [-0.15, -0.1) is 0 Å². The highest BCUT2D eigenvalue weighted by Gasteiger charge is 2.02. The van der Waals surface area contributed by atoms with Crippen molar-refractivity contribution in [1.82, 2.24) is 9.55 Å². The Morgan fingerprint density at radius 2 is 2.13 bits per heavy atom. The van der Waals surface area contributed by atoms with E-state index in [4.69, 9.17) is 5.73 Å². The molecule has 0 bridgehead atoms. The average molecular weight is 201 g/mol. The molecule has 0 atom stereocenters. The second-order valence-electron chi connectivity index (χ2n) is 3.88. The van der Waals surface area contributed by atoms with Gasteiger partial charge in [-0.3, -0.25) is 0 Å². The molecule has 2 aromatic rings. The van der Waals surface area contributed by atoms with E-state index in [0.29, 0.717) is 0 Å². The second kappa shape index (κ2) is 3.77. The molecular weight excluding hydrogens is 186 g/mol. The number of nitrogens with zero attached hydrogens (tertiary/aromatic N) is 2. The molecule has 3 heteroatoms. The number of aromatic nitrogens is 2. The summed E-state index contributed by atoms with van der Waals surface area (Å²) >= 11 is 0. The van der Waals surface area contributed by atoms with Crippen molar-refractivity contribution >= 4 is 5.69 Å². The van der Waals surface area contributed by atoms with E-state index >= 15 is 0 Å². The van der Waals surface area contributed by atoms with Crippen LogP contribution in [0.3, 0.4) is 0 Å². The number of hydrogen-bond donors (Lipinski definition) is 1. The van der Waals surface area contributed by atoms with Crippen molar-refractivity contribution in [3.05, 3.63) is 47.5 Å². The zero-order valence-corrected chi connectivity index (χ0v) is 9.07. The molecule has 0 amide bonds. The van der Waals surface area contributed by atoms with Gasteiger partial charge in [-0.05, 0) is 30.2 Å². The standard InChI is InChI=1S/C12H15N3/c1-9-5-10(7-11(13)6-9)8-12-14-3-4-15(12)2/h3-7H,8,13H2,1-2H3. The normalized spacial score (nSPS) is 10.5. The van der Waals surface area contributed by atoms with Crippen LogP contribution < -0.4 is 5.73 Å². The lowest BCUT2D eigenvalue weighted by molar-refractivity contribution is 0.821. The van der Waals surface area contributed by atoms with Crippen molar-refractivity contribution < 1.29 is 0 Å². The maximum atomic E-state index is 5.80. The first-order valence-electron chi connectivity index (χ1n) is 4.97. The van der Waals surface area contributed by atoms with E-state index in [9.17, 15) is 0 Å². The van der Waals surface area contributed by atoms with Crippen LogP contribution in [-0.2, 0) is 13.5 Å². The highest BCUT2D eigenvalue weighted by Crippen LogP contribution is 2.14.